The highest BCUT2D eigenvalue weighted by atomic mass is 16.5. The summed E-state index contributed by atoms with van der Waals surface area (Å²) in [5, 5.41) is 0. The van der Waals surface area contributed by atoms with Crippen molar-refractivity contribution in [2.45, 2.75) is 5.92 Å². The number of ether oxygens (including phenoxy) is 3. The minimum absolute atomic E-state index is 0.180. The van der Waals surface area contributed by atoms with E-state index in [1.165, 1.54) is 0 Å². The Hall–Kier alpha value is -1.68. The van der Waals surface area contributed by atoms with Crippen LogP contribution in [0, 0.1) is 0 Å². The fraction of sp³-hybridized carbons (Fsp3) is 0.385. The zero-order valence-electron chi connectivity index (χ0n) is 10.3. The molecule has 0 spiro atoms. The molecule has 1 aromatic rings. The van der Waals surface area contributed by atoms with Crippen molar-refractivity contribution in [3.8, 4) is 17.2 Å². The van der Waals surface area contributed by atoms with Crippen molar-refractivity contribution < 1.29 is 14.2 Å². The molecule has 0 saturated heterocycles. The highest BCUT2D eigenvalue weighted by Gasteiger charge is 2.26. The largest absolute Gasteiger partial charge is 0.496 e. The molecule has 1 aliphatic rings. The van der Waals surface area contributed by atoms with Crippen molar-refractivity contribution >= 4 is 6.08 Å². The van der Waals surface area contributed by atoms with Crippen LogP contribution >= 0.6 is 0 Å². The van der Waals surface area contributed by atoms with Crippen LogP contribution in [0.3, 0.4) is 0 Å². The van der Waals surface area contributed by atoms with Crippen LogP contribution in [-0.4, -0.2) is 27.9 Å². The molecule has 0 fully saturated rings. The number of rotatable bonds is 4. The molecule has 1 aromatic carbocycles. The van der Waals surface area contributed by atoms with E-state index in [4.69, 9.17) is 19.9 Å². The molecule has 2 N–H and O–H groups in total. The second-order valence-electron chi connectivity index (χ2n) is 3.84. The summed E-state index contributed by atoms with van der Waals surface area (Å²) >= 11 is 0. The zero-order chi connectivity index (χ0) is 12.4. The van der Waals surface area contributed by atoms with E-state index in [9.17, 15) is 0 Å². The third-order valence-electron chi connectivity index (χ3n) is 3.05. The Kier molecular flexibility index (Phi) is 3.24. The van der Waals surface area contributed by atoms with Crippen molar-refractivity contribution in [1.29, 1.82) is 0 Å². The van der Waals surface area contributed by atoms with Gasteiger partial charge in [0.1, 0.15) is 5.75 Å². The Labute approximate surface area is 101 Å². The molecule has 0 bridgehead atoms. The summed E-state index contributed by atoms with van der Waals surface area (Å²) < 4.78 is 16.1. The monoisotopic (exact) mass is 235 g/mol. The Morgan fingerprint density at radius 2 is 1.82 bits per heavy atom. The van der Waals surface area contributed by atoms with Crippen LogP contribution in [-0.2, 0) is 0 Å². The fourth-order valence-electron chi connectivity index (χ4n) is 2.23. The van der Waals surface area contributed by atoms with Crippen LogP contribution in [0.5, 0.6) is 17.2 Å². The van der Waals surface area contributed by atoms with Crippen LogP contribution in [0.15, 0.2) is 12.1 Å². The van der Waals surface area contributed by atoms with Gasteiger partial charge in [0.05, 0.1) is 21.3 Å². The Morgan fingerprint density at radius 1 is 1.12 bits per heavy atom. The second-order valence-corrected chi connectivity index (χ2v) is 3.84. The van der Waals surface area contributed by atoms with E-state index in [0.29, 0.717) is 12.3 Å². The van der Waals surface area contributed by atoms with Gasteiger partial charge >= 0.3 is 0 Å². The van der Waals surface area contributed by atoms with Crippen LogP contribution in [0.4, 0.5) is 0 Å². The SMILES string of the molecule is COc1cc(OC)c2c(c1OC)C=CC2CN. The summed E-state index contributed by atoms with van der Waals surface area (Å²) in [6, 6.07) is 1.84. The maximum atomic E-state index is 5.76. The summed E-state index contributed by atoms with van der Waals surface area (Å²) in [5.41, 5.74) is 7.83. The molecule has 1 aliphatic carbocycles. The van der Waals surface area contributed by atoms with Gasteiger partial charge in [0, 0.05) is 29.7 Å². The molecule has 2 rings (SSSR count). The summed E-state index contributed by atoms with van der Waals surface area (Å²) in [5.74, 6) is 2.37. The summed E-state index contributed by atoms with van der Waals surface area (Å²) in [6.45, 7) is 0.551. The normalized spacial score (nSPS) is 16.8. The van der Waals surface area contributed by atoms with Gasteiger partial charge in [-0.3, -0.25) is 0 Å². The first-order chi connectivity index (χ1) is 8.26. The molecule has 0 saturated carbocycles. The molecule has 17 heavy (non-hydrogen) atoms. The van der Waals surface area contributed by atoms with Gasteiger partial charge < -0.3 is 19.9 Å². The molecule has 1 unspecified atom stereocenters. The van der Waals surface area contributed by atoms with Gasteiger partial charge in [0.25, 0.3) is 0 Å². The van der Waals surface area contributed by atoms with Crippen LogP contribution in [0.25, 0.3) is 6.08 Å². The van der Waals surface area contributed by atoms with Gasteiger partial charge in [0.15, 0.2) is 11.5 Å². The van der Waals surface area contributed by atoms with Gasteiger partial charge in [-0.05, 0) is 0 Å². The average Bonchev–Trinajstić information content (AvgIpc) is 2.80. The molecule has 1 atom stereocenters. The van der Waals surface area contributed by atoms with Crippen molar-refractivity contribution in [1.82, 2.24) is 0 Å². The fourth-order valence-corrected chi connectivity index (χ4v) is 2.23. The van der Waals surface area contributed by atoms with E-state index in [0.717, 1.165) is 22.6 Å². The molecular weight excluding hydrogens is 218 g/mol. The van der Waals surface area contributed by atoms with Crippen LogP contribution < -0.4 is 19.9 Å². The number of hydrogen-bond acceptors (Lipinski definition) is 4. The van der Waals surface area contributed by atoms with Gasteiger partial charge in [-0.25, -0.2) is 0 Å². The minimum Gasteiger partial charge on any atom is -0.496 e. The van der Waals surface area contributed by atoms with Gasteiger partial charge in [-0.2, -0.15) is 0 Å². The van der Waals surface area contributed by atoms with Crippen molar-refractivity contribution in [2.75, 3.05) is 27.9 Å². The van der Waals surface area contributed by atoms with Crippen LogP contribution in [0.1, 0.15) is 17.0 Å². The molecule has 0 radical (unpaired) electrons. The predicted molar refractivity (Wildman–Crippen MR) is 66.9 cm³/mol. The average molecular weight is 235 g/mol. The van der Waals surface area contributed by atoms with Crippen molar-refractivity contribution in [2.24, 2.45) is 5.73 Å². The predicted octanol–water partition coefficient (Wildman–Crippen LogP) is 1.78. The molecular formula is C13H17NO3. The number of hydrogen-bond donors (Lipinski definition) is 1. The Balaban J connectivity index is 2.65. The first kappa shape index (κ1) is 11.8. The van der Waals surface area contributed by atoms with E-state index in [1.807, 2.05) is 12.1 Å². The maximum Gasteiger partial charge on any atom is 0.168 e. The summed E-state index contributed by atoms with van der Waals surface area (Å²) in [6.07, 6.45) is 4.08. The molecule has 92 valence electrons. The minimum atomic E-state index is 0.180. The summed E-state index contributed by atoms with van der Waals surface area (Å²) in [7, 11) is 4.89. The van der Waals surface area contributed by atoms with E-state index >= 15 is 0 Å². The smallest absolute Gasteiger partial charge is 0.168 e. The third-order valence-corrected chi connectivity index (χ3v) is 3.05. The van der Waals surface area contributed by atoms with Gasteiger partial charge in [-0.1, -0.05) is 12.2 Å². The highest BCUT2D eigenvalue weighted by molar-refractivity contribution is 5.75. The molecule has 4 heteroatoms. The van der Waals surface area contributed by atoms with Crippen molar-refractivity contribution in [3.05, 3.63) is 23.3 Å². The number of benzene rings is 1. The molecule has 4 nitrogen and oxygen atoms in total. The molecule has 0 amide bonds. The highest BCUT2D eigenvalue weighted by Crippen LogP contribution is 2.46. The lowest BCUT2D eigenvalue weighted by molar-refractivity contribution is 0.347. The van der Waals surface area contributed by atoms with Crippen LogP contribution in [0.2, 0.25) is 0 Å². The Morgan fingerprint density at radius 3 is 2.35 bits per heavy atom. The maximum absolute atomic E-state index is 5.76. The number of methoxy groups -OCH3 is 3. The first-order valence-electron chi connectivity index (χ1n) is 5.47. The lowest BCUT2D eigenvalue weighted by Gasteiger charge is -2.18. The van der Waals surface area contributed by atoms with E-state index in [2.05, 4.69) is 6.08 Å². The lowest BCUT2D eigenvalue weighted by atomic mass is 9.98. The van der Waals surface area contributed by atoms with Gasteiger partial charge in [-0.15, -0.1) is 0 Å². The topological polar surface area (TPSA) is 53.7 Å². The lowest BCUT2D eigenvalue weighted by Crippen LogP contribution is -2.10. The number of nitrogens with two attached hydrogens (primary N) is 1. The van der Waals surface area contributed by atoms with Crippen molar-refractivity contribution in [3.63, 3.8) is 0 Å². The second kappa shape index (κ2) is 4.67. The van der Waals surface area contributed by atoms with E-state index < -0.39 is 0 Å². The Bertz CT molecular complexity index is 454. The molecule has 0 heterocycles. The van der Waals surface area contributed by atoms with Gasteiger partial charge in [0.2, 0.25) is 0 Å². The zero-order valence-corrected chi connectivity index (χ0v) is 10.3. The first-order valence-corrected chi connectivity index (χ1v) is 5.47. The molecule has 0 aromatic heterocycles. The third kappa shape index (κ3) is 1.74. The quantitative estimate of drug-likeness (QED) is 0.864. The summed E-state index contributed by atoms with van der Waals surface area (Å²) in [4.78, 5) is 0. The molecule has 0 aliphatic heterocycles. The van der Waals surface area contributed by atoms with E-state index in [-0.39, 0.29) is 5.92 Å². The number of fused-ring (bicyclic) bond motifs is 1. The standard InChI is InChI=1S/C13H17NO3/c1-15-10-6-11(16-2)13(17-3)9-5-4-8(7-14)12(9)10/h4-6,8H,7,14H2,1-3H3. The van der Waals surface area contributed by atoms with E-state index in [1.54, 1.807) is 21.3 Å².